The lowest BCUT2D eigenvalue weighted by molar-refractivity contribution is -0.643. The summed E-state index contributed by atoms with van der Waals surface area (Å²) in [4.78, 5) is 11.6. The van der Waals surface area contributed by atoms with Crippen LogP contribution in [0.2, 0.25) is 0 Å². The average molecular weight is 310 g/mol. The lowest BCUT2D eigenvalue weighted by Gasteiger charge is -2.22. The maximum absolute atomic E-state index is 11.6. The maximum atomic E-state index is 11.6. The molecule has 1 aliphatic rings. The summed E-state index contributed by atoms with van der Waals surface area (Å²) in [6, 6.07) is 18.3. The van der Waals surface area contributed by atoms with E-state index in [9.17, 15) is 4.79 Å². The Morgan fingerprint density at radius 1 is 1.00 bits per heavy atom. The van der Waals surface area contributed by atoms with Crippen LogP contribution in [0, 0.1) is 0 Å². The maximum Gasteiger partial charge on any atom is 0.313 e. The van der Waals surface area contributed by atoms with Gasteiger partial charge < -0.3 is 5.84 Å². The molecule has 22 heavy (non-hydrogen) atoms. The predicted octanol–water partition coefficient (Wildman–Crippen LogP) is 3.23. The van der Waals surface area contributed by atoms with Crippen LogP contribution in [0.25, 0.3) is 16.8 Å². The largest absolute Gasteiger partial charge is 0.317 e. The predicted molar refractivity (Wildman–Crippen MR) is 91.3 cm³/mol. The highest BCUT2D eigenvalue weighted by molar-refractivity contribution is 8.16. The van der Waals surface area contributed by atoms with Gasteiger partial charge in [0.15, 0.2) is 5.70 Å². The number of hydrogen-bond donors (Lipinski definition) is 1. The number of amides is 1. The molecule has 0 saturated heterocycles. The number of hydrazone groups is 1. The summed E-state index contributed by atoms with van der Waals surface area (Å²) < 4.78 is -0.0220. The van der Waals surface area contributed by atoms with Crippen molar-refractivity contribution in [3.05, 3.63) is 65.6 Å². The van der Waals surface area contributed by atoms with E-state index in [2.05, 4.69) is 29.4 Å². The molecule has 1 heterocycles. The molecule has 2 N–H and O–H groups in total. The average Bonchev–Trinajstić information content (AvgIpc) is 2.93. The molecule has 0 spiro atoms. The molecule has 1 amide bonds. The van der Waals surface area contributed by atoms with Crippen LogP contribution >= 0.6 is 11.8 Å². The van der Waals surface area contributed by atoms with Gasteiger partial charge in [0, 0.05) is 11.0 Å². The number of nitrogens with two attached hydrogens (primary N) is 1. The van der Waals surface area contributed by atoms with Crippen molar-refractivity contribution in [2.45, 2.75) is 0 Å². The van der Waals surface area contributed by atoms with E-state index in [1.807, 2.05) is 35.7 Å². The van der Waals surface area contributed by atoms with Gasteiger partial charge in [0.1, 0.15) is 0 Å². The summed E-state index contributed by atoms with van der Waals surface area (Å²) in [7, 11) is 1.79. The molecule has 5 heteroatoms. The summed E-state index contributed by atoms with van der Waals surface area (Å²) in [5, 5.41) is 6.22. The fourth-order valence-electron chi connectivity index (χ4n) is 2.48. The number of amidine groups is 1. The second-order valence-corrected chi connectivity index (χ2v) is 5.99. The van der Waals surface area contributed by atoms with E-state index >= 15 is 0 Å². The van der Waals surface area contributed by atoms with Crippen LogP contribution < -0.4 is 5.84 Å². The van der Waals surface area contributed by atoms with E-state index < -0.39 is 0 Å². The smallest absolute Gasteiger partial charge is 0.313 e. The Morgan fingerprint density at radius 2 is 1.59 bits per heavy atom. The molecular formula is C17H16N3OS+. The van der Waals surface area contributed by atoms with Crippen LogP contribution in [0.4, 0.5) is 0 Å². The van der Waals surface area contributed by atoms with Gasteiger partial charge in [-0.1, -0.05) is 42.5 Å². The second-order valence-electron chi connectivity index (χ2n) is 5.16. The molecule has 1 aliphatic heterocycles. The summed E-state index contributed by atoms with van der Waals surface area (Å²) in [6.45, 7) is 0. The monoisotopic (exact) mass is 310 g/mol. The third kappa shape index (κ3) is 2.34. The zero-order chi connectivity index (χ0) is 15.6. The molecule has 0 radical (unpaired) electrons. The first-order chi connectivity index (χ1) is 10.7. The third-order valence-corrected chi connectivity index (χ3v) is 4.82. The lowest BCUT2D eigenvalue weighted by atomic mass is 10.0. The minimum Gasteiger partial charge on any atom is -0.317 e. The Balaban J connectivity index is 1.96. The number of rotatable bonds is 3. The molecular weight excluding hydrogens is 294 g/mol. The van der Waals surface area contributed by atoms with E-state index in [0.29, 0.717) is 5.17 Å². The van der Waals surface area contributed by atoms with Crippen LogP contribution in [0.3, 0.4) is 0 Å². The van der Waals surface area contributed by atoms with Crippen LogP contribution in [0.5, 0.6) is 0 Å². The van der Waals surface area contributed by atoms with Gasteiger partial charge in [-0.15, -0.1) is 5.10 Å². The van der Waals surface area contributed by atoms with E-state index in [0.717, 1.165) is 23.2 Å². The second kappa shape index (κ2) is 5.79. The number of benzene rings is 2. The topological polar surface area (TPSA) is 55.5 Å². The number of carbonyl (C=O) groups is 1. The van der Waals surface area contributed by atoms with Gasteiger partial charge in [-0.2, -0.15) is 4.48 Å². The van der Waals surface area contributed by atoms with E-state index in [1.54, 1.807) is 7.05 Å². The summed E-state index contributed by atoms with van der Waals surface area (Å²) >= 11 is 1.38. The molecule has 4 nitrogen and oxygen atoms in total. The van der Waals surface area contributed by atoms with E-state index in [4.69, 9.17) is 5.84 Å². The van der Waals surface area contributed by atoms with Crippen molar-refractivity contribution in [3.63, 3.8) is 0 Å². The molecule has 0 saturated carbocycles. The van der Waals surface area contributed by atoms with Crippen LogP contribution in [0.15, 0.2) is 65.1 Å². The van der Waals surface area contributed by atoms with Crippen molar-refractivity contribution in [2.75, 3.05) is 7.05 Å². The standard InChI is InChI=1S/C17H16N3OS/c1-20(12-21)16(11-22-17(20)19-18)15-9-7-14(8-10-15)13-5-3-2-4-6-13/h2-12H,18H2,1H3/q+1. The molecule has 3 rings (SSSR count). The number of carbonyl (C=O) groups excluding carboxylic acids is 1. The highest BCUT2D eigenvalue weighted by atomic mass is 32.2. The highest BCUT2D eigenvalue weighted by Crippen LogP contribution is 2.38. The van der Waals surface area contributed by atoms with Gasteiger partial charge >= 0.3 is 6.41 Å². The first-order valence-electron chi connectivity index (χ1n) is 6.83. The van der Waals surface area contributed by atoms with Crippen molar-refractivity contribution in [2.24, 2.45) is 10.9 Å². The fraction of sp³-hybridized carbons (Fsp3) is 0.0588. The number of hydrogen-bond acceptors (Lipinski definition) is 4. The fourth-order valence-corrected chi connectivity index (χ4v) is 3.48. The van der Waals surface area contributed by atoms with Crippen LogP contribution in [0.1, 0.15) is 5.56 Å². The first kappa shape index (κ1) is 14.6. The minimum absolute atomic E-state index is 0.0220. The van der Waals surface area contributed by atoms with Gasteiger partial charge in [0.2, 0.25) is 0 Å². The Morgan fingerprint density at radius 3 is 2.18 bits per heavy atom. The normalized spacial score (nSPS) is 22.6. The number of quaternary nitrogens is 1. The van der Waals surface area contributed by atoms with Crippen molar-refractivity contribution in [3.8, 4) is 11.1 Å². The zero-order valence-electron chi connectivity index (χ0n) is 12.1. The summed E-state index contributed by atoms with van der Waals surface area (Å²) in [6.07, 6.45) is 0.850. The molecule has 2 aromatic carbocycles. The Bertz CT molecular complexity index is 753. The Hall–Kier alpha value is -2.37. The summed E-state index contributed by atoms with van der Waals surface area (Å²) in [5.74, 6) is 5.38. The molecule has 0 aliphatic carbocycles. The van der Waals surface area contributed by atoms with E-state index in [-0.39, 0.29) is 4.48 Å². The van der Waals surface area contributed by atoms with Gasteiger partial charge in [-0.25, -0.2) is 4.79 Å². The Kier molecular flexibility index (Phi) is 3.83. The van der Waals surface area contributed by atoms with Gasteiger partial charge in [-0.3, -0.25) is 0 Å². The van der Waals surface area contributed by atoms with Crippen molar-refractivity contribution < 1.29 is 9.28 Å². The van der Waals surface area contributed by atoms with Crippen molar-refractivity contribution in [1.29, 1.82) is 0 Å². The molecule has 0 fully saturated rings. The molecule has 2 aromatic rings. The first-order valence-corrected chi connectivity index (χ1v) is 7.71. The zero-order valence-corrected chi connectivity index (χ0v) is 13.0. The number of nitrogens with zero attached hydrogens (tertiary/aromatic N) is 2. The van der Waals surface area contributed by atoms with Crippen LogP contribution in [-0.2, 0) is 4.79 Å². The lowest BCUT2D eigenvalue weighted by Crippen LogP contribution is -2.42. The van der Waals surface area contributed by atoms with Gasteiger partial charge in [0.05, 0.1) is 7.05 Å². The SMILES string of the molecule is C[N+]1(C=O)C(c2ccc(-c3ccccc3)cc2)=CSC1=NN. The van der Waals surface area contributed by atoms with Gasteiger partial charge in [-0.05, 0) is 35.0 Å². The molecule has 0 bridgehead atoms. The molecule has 110 valence electrons. The minimum atomic E-state index is -0.0220. The van der Waals surface area contributed by atoms with Crippen LogP contribution in [-0.4, -0.2) is 23.1 Å². The van der Waals surface area contributed by atoms with Crippen molar-refractivity contribution >= 4 is 29.0 Å². The molecule has 1 unspecified atom stereocenters. The summed E-state index contributed by atoms with van der Waals surface area (Å²) in [5.41, 5.74) is 4.17. The van der Waals surface area contributed by atoms with Gasteiger partial charge in [0.25, 0.3) is 5.17 Å². The third-order valence-electron chi connectivity index (χ3n) is 3.78. The highest BCUT2D eigenvalue weighted by Gasteiger charge is 2.41. The molecule has 0 aromatic heterocycles. The quantitative estimate of drug-likeness (QED) is 0.410. The Labute approximate surface area is 133 Å². The van der Waals surface area contributed by atoms with E-state index in [1.165, 1.54) is 17.3 Å². The molecule has 1 atom stereocenters. The number of thioether (sulfide) groups is 1. The van der Waals surface area contributed by atoms with Crippen molar-refractivity contribution in [1.82, 2.24) is 0 Å².